The van der Waals surface area contributed by atoms with Gasteiger partial charge in [0.1, 0.15) is 10.8 Å². The van der Waals surface area contributed by atoms with Crippen LogP contribution in [0.5, 0.6) is 0 Å². The van der Waals surface area contributed by atoms with E-state index in [1.165, 1.54) is 40.1 Å². The van der Waals surface area contributed by atoms with Crippen LogP contribution < -0.4 is 4.72 Å². The Labute approximate surface area is 137 Å². The van der Waals surface area contributed by atoms with E-state index in [0.717, 1.165) is 5.01 Å². The van der Waals surface area contributed by atoms with Crippen molar-refractivity contribution >= 4 is 32.0 Å². The van der Waals surface area contributed by atoms with Crippen LogP contribution in [-0.2, 0) is 10.0 Å². The number of aryl methyl sites for hydroxylation is 1. The highest BCUT2D eigenvalue weighted by molar-refractivity contribution is 7.92. The lowest BCUT2D eigenvalue weighted by Crippen LogP contribution is -2.16. The van der Waals surface area contributed by atoms with Gasteiger partial charge in [0.25, 0.3) is 10.0 Å². The van der Waals surface area contributed by atoms with Gasteiger partial charge in [0.2, 0.25) is 9.99 Å². The number of imidazole rings is 1. The van der Waals surface area contributed by atoms with Crippen LogP contribution in [0, 0.1) is 12.7 Å². The van der Waals surface area contributed by atoms with Gasteiger partial charge in [-0.15, -0.1) is 0 Å². The Kier molecular flexibility index (Phi) is 3.85. The third-order valence-electron chi connectivity index (χ3n) is 3.19. The van der Waals surface area contributed by atoms with E-state index < -0.39 is 15.8 Å². The monoisotopic (exact) mass is 354 g/mol. The maximum atomic E-state index is 12.9. The van der Waals surface area contributed by atoms with Crippen LogP contribution in [0.2, 0.25) is 0 Å². The maximum Gasteiger partial charge on any atom is 0.281 e. The van der Waals surface area contributed by atoms with E-state index in [9.17, 15) is 12.8 Å². The molecule has 3 rings (SSSR count). The molecule has 0 saturated carbocycles. The van der Waals surface area contributed by atoms with E-state index in [1.807, 2.05) is 13.8 Å². The molecule has 0 aliphatic heterocycles. The van der Waals surface area contributed by atoms with E-state index in [1.54, 1.807) is 6.92 Å². The van der Waals surface area contributed by atoms with E-state index in [4.69, 9.17) is 0 Å². The van der Waals surface area contributed by atoms with E-state index in [-0.39, 0.29) is 16.6 Å². The summed E-state index contributed by atoms with van der Waals surface area (Å²) in [5.74, 6) is -0.250. The quantitative estimate of drug-likeness (QED) is 0.781. The van der Waals surface area contributed by atoms with Gasteiger partial charge in [-0.05, 0) is 31.2 Å². The smallest absolute Gasteiger partial charge is 0.278 e. The van der Waals surface area contributed by atoms with Gasteiger partial charge < -0.3 is 0 Å². The van der Waals surface area contributed by atoms with Crippen LogP contribution in [0.4, 0.5) is 10.1 Å². The van der Waals surface area contributed by atoms with Crippen LogP contribution in [-0.4, -0.2) is 23.0 Å². The summed E-state index contributed by atoms with van der Waals surface area (Å²) in [4.78, 5) is 4.81. The third-order valence-corrected chi connectivity index (χ3v) is 5.88. The highest BCUT2D eigenvalue weighted by Gasteiger charge is 2.26. The molecule has 2 aromatic heterocycles. The molecule has 6 nitrogen and oxygen atoms in total. The van der Waals surface area contributed by atoms with Crippen molar-refractivity contribution < 1.29 is 12.8 Å². The minimum atomic E-state index is -3.88. The zero-order valence-electron chi connectivity index (χ0n) is 12.7. The number of hydrogen-bond donors (Lipinski definition) is 1. The Morgan fingerprint density at radius 1 is 1.26 bits per heavy atom. The molecule has 23 heavy (non-hydrogen) atoms. The number of aromatic nitrogens is 3. The molecule has 0 saturated heterocycles. The predicted molar refractivity (Wildman–Crippen MR) is 86.9 cm³/mol. The average molecular weight is 354 g/mol. The first-order valence-electron chi connectivity index (χ1n) is 6.92. The fourth-order valence-corrected chi connectivity index (χ4v) is 4.45. The molecule has 1 N–H and O–H groups in total. The summed E-state index contributed by atoms with van der Waals surface area (Å²) in [5, 5.41) is 5.16. The zero-order valence-corrected chi connectivity index (χ0v) is 14.4. The van der Waals surface area contributed by atoms with Gasteiger partial charge in [-0.1, -0.05) is 25.2 Å². The molecule has 0 atom stereocenters. The lowest BCUT2D eigenvalue weighted by Gasteiger charge is -2.07. The molecular weight excluding hydrogens is 339 g/mol. The van der Waals surface area contributed by atoms with Crippen molar-refractivity contribution in [2.75, 3.05) is 4.72 Å². The minimum Gasteiger partial charge on any atom is -0.278 e. The molecule has 2 heterocycles. The summed E-state index contributed by atoms with van der Waals surface area (Å²) in [6.45, 7) is 5.59. The Bertz CT molecular complexity index is 959. The van der Waals surface area contributed by atoms with Crippen LogP contribution in [0.25, 0.3) is 4.96 Å². The topological polar surface area (TPSA) is 76.4 Å². The van der Waals surface area contributed by atoms with E-state index in [0.29, 0.717) is 10.7 Å². The van der Waals surface area contributed by atoms with Gasteiger partial charge >= 0.3 is 0 Å². The van der Waals surface area contributed by atoms with Crippen molar-refractivity contribution in [3.8, 4) is 0 Å². The molecular formula is C14H15FN4O2S2. The van der Waals surface area contributed by atoms with E-state index in [2.05, 4.69) is 14.8 Å². The number of nitrogens with one attached hydrogen (secondary N) is 1. The van der Waals surface area contributed by atoms with Crippen molar-refractivity contribution in [2.45, 2.75) is 31.7 Å². The number of halogens is 1. The third kappa shape index (κ3) is 2.93. The Morgan fingerprint density at radius 2 is 1.91 bits per heavy atom. The highest BCUT2D eigenvalue weighted by atomic mass is 32.2. The molecule has 0 spiro atoms. The number of nitrogens with zero attached hydrogens (tertiary/aromatic N) is 3. The van der Waals surface area contributed by atoms with E-state index >= 15 is 0 Å². The molecule has 0 radical (unpaired) electrons. The maximum absolute atomic E-state index is 12.9. The summed E-state index contributed by atoms with van der Waals surface area (Å²) >= 11 is 1.36. The van der Waals surface area contributed by atoms with Crippen LogP contribution in [0.3, 0.4) is 0 Å². The van der Waals surface area contributed by atoms with Crippen molar-refractivity contribution in [1.82, 2.24) is 14.6 Å². The Hall–Kier alpha value is -2.00. The molecule has 1 aromatic carbocycles. The second kappa shape index (κ2) is 5.57. The summed E-state index contributed by atoms with van der Waals surface area (Å²) in [7, 11) is -3.88. The average Bonchev–Trinajstić information content (AvgIpc) is 2.97. The number of anilines is 1. The van der Waals surface area contributed by atoms with Crippen molar-refractivity contribution in [2.24, 2.45) is 0 Å². The zero-order chi connectivity index (χ0) is 16.8. The second-order valence-electron chi connectivity index (χ2n) is 5.40. The van der Waals surface area contributed by atoms with Crippen LogP contribution in [0.15, 0.2) is 29.3 Å². The summed E-state index contributed by atoms with van der Waals surface area (Å²) < 4.78 is 42.0. The van der Waals surface area contributed by atoms with Gasteiger partial charge in [-0.25, -0.2) is 9.37 Å². The Morgan fingerprint density at radius 3 is 2.52 bits per heavy atom. The molecule has 0 unspecified atom stereocenters. The second-order valence-corrected chi connectivity index (χ2v) is 7.99. The molecule has 0 amide bonds. The molecule has 3 aromatic rings. The van der Waals surface area contributed by atoms with Crippen molar-refractivity contribution in [3.63, 3.8) is 0 Å². The number of sulfonamides is 1. The molecule has 9 heteroatoms. The first-order valence-corrected chi connectivity index (χ1v) is 9.22. The number of fused-ring (bicyclic) bond motifs is 1. The van der Waals surface area contributed by atoms with Gasteiger partial charge in [-0.3, -0.25) is 4.72 Å². The number of rotatable bonds is 4. The lowest BCUT2D eigenvalue weighted by molar-refractivity contribution is 0.591. The molecule has 0 fully saturated rings. The molecule has 0 bridgehead atoms. The largest absolute Gasteiger partial charge is 0.281 e. The minimum absolute atomic E-state index is 0.0000231. The van der Waals surface area contributed by atoms with Gasteiger partial charge in [0, 0.05) is 11.6 Å². The summed E-state index contributed by atoms with van der Waals surface area (Å²) in [6, 6.07) is 5.11. The molecule has 0 aliphatic rings. The standard InChI is InChI=1S/C14H15FN4O2S2/c1-8(2)12-17-19-13(9(3)16-14(19)22-12)23(20,21)18-11-6-4-10(15)5-7-11/h4-8,18H,1-3H3. The van der Waals surface area contributed by atoms with Gasteiger partial charge in [-0.2, -0.15) is 18.0 Å². The number of hydrogen-bond acceptors (Lipinski definition) is 5. The SMILES string of the molecule is Cc1nc2sc(C(C)C)nn2c1S(=O)(=O)Nc1ccc(F)cc1. The van der Waals surface area contributed by atoms with Crippen LogP contribution >= 0.6 is 11.3 Å². The normalized spacial score (nSPS) is 12.2. The summed E-state index contributed by atoms with van der Waals surface area (Å²) in [5.41, 5.74) is 0.647. The van der Waals surface area contributed by atoms with Crippen LogP contribution in [0.1, 0.15) is 30.5 Å². The fourth-order valence-electron chi connectivity index (χ4n) is 2.11. The fraction of sp³-hybridized carbons (Fsp3) is 0.286. The van der Waals surface area contributed by atoms with Crippen molar-refractivity contribution in [1.29, 1.82) is 0 Å². The lowest BCUT2D eigenvalue weighted by atomic mass is 10.2. The highest BCUT2D eigenvalue weighted by Crippen LogP contribution is 2.27. The van der Waals surface area contributed by atoms with Gasteiger partial charge in [0.05, 0.1) is 5.69 Å². The molecule has 0 aliphatic carbocycles. The number of benzene rings is 1. The predicted octanol–water partition coefficient (Wildman–Crippen LogP) is 3.16. The van der Waals surface area contributed by atoms with Crippen molar-refractivity contribution in [3.05, 3.63) is 40.8 Å². The molecule has 122 valence electrons. The summed E-state index contributed by atoms with van der Waals surface area (Å²) in [6.07, 6.45) is 0. The van der Waals surface area contributed by atoms with Gasteiger partial charge in [0.15, 0.2) is 0 Å². The first-order chi connectivity index (χ1) is 10.8. The Balaban J connectivity index is 2.06. The first kappa shape index (κ1) is 15.9.